The van der Waals surface area contributed by atoms with Gasteiger partial charge in [0.2, 0.25) is 0 Å². The van der Waals surface area contributed by atoms with Crippen LogP contribution in [0.15, 0.2) is 252 Å². The van der Waals surface area contributed by atoms with E-state index >= 15 is 0 Å². The molecular weight excluding hydrogens is 805 g/mol. The summed E-state index contributed by atoms with van der Waals surface area (Å²) in [4.78, 5) is 29.5. The zero-order valence-corrected chi connectivity index (χ0v) is 35.8. The van der Waals surface area contributed by atoms with Gasteiger partial charge >= 0.3 is 0 Å². The lowest BCUT2D eigenvalue weighted by atomic mass is 9.84. The molecule has 0 N–H and O–H groups in total. The maximum Gasteiger partial charge on any atom is 0.282 e. The van der Waals surface area contributed by atoms with Gasteiger partial charge in [0.05, 0.1) is 21.8 Å². The lowest BCUT2D eigenvalue weighted by Gasteiger charge is -2.19. The van der Waals surface area contributed by atoms with E-state index in [4.69, 9.17) is 0 Å². The summed E-state index contributed by atoms with van der Waals surface area (Å²) < 4.78 is 3.11. The first-order chi connectivity index (χ1) is 32.6. The van der Waals surface area contributed by atoms with Gasteiger partial charge in [0, 0.05) is 0 Å². The molecule has 0 fully saturated rings. The monoisotopic (exact) mass is 844 g/mol. The molecule has 0 unspecified atom stereocenters. The van der Waals surface area contributed by atoms with Gasteiger partial charge in [-0.3, -0.25) is 9.59 Å². The Morgan fingerprint density at radius 1 is 0.227 bits per heavy atom. The van der Waals surface area contributed by atoms with Crippen molar-refractivity contribution in [1.29, 1.82) is 0 Å². The highest BCUT2D eigenvalue weighted by atomic mass is 16.2. The predicted octanol–water partition coefficient (Wildman–Crippen LogP) is 14.8. The molecule has 0 aliphatic carbocycles. The summed E-state index contributed by atoms with van der Waals surface area (Å²) in [7, 11) is 0. The number of benzene rings is 10. The second kappa shape index (κ2) is 16.0. The van der Waals surface area contributed by atoms with Crippen molar-refractivity contribution in [1.82, 2.24) is 9.03 Å². The molecule has 0 saturated heterocycles. The van der Waals surface area contributed by atoms with Crippen LogP contribution in [0.1, 0.15) is 0 Å². The van der Waals surface area contributed by atoms with Crippen LogP contribution in [0.5, 0.6) is 0 Å². The Bertz CT molecular complexity index is 3490. The fourth-order valence-corrected chi connectivity index (χ4v) is 9.82. The van der Waals surface area contributed by atoms with Crippen LogP contribution >= 0.6 is 0 Å². The SMILES string of the molecule is O=c1c2cc(-c3c(-c4ccccc4)cc(-c4ccccc4)cc3-c3ccccc3)ccc2n2c3ccc(-c4c(-c5ccccc5)cc(-c5ccccc5)cc4-c4ccccc4)cc3c(=O)n12. The summed E-state index contributed by atoms with van der Waals surface area (Å²) in [6.45, 7) is 0. The van der Waals surface area contributed by atoms with Crippen molar-refractivity contribution in [2.24, 2.45) is 0 Å². The van der Waals surface area contributed by atoms with Gasteiger partial charge < -0.3 is 0 Å². The fraction of sp³-hybridized carbons (Fsp3) is 0. The van der Waals surface area contributed by atoms with E-state index in [1.54, 1.807) is 4.52 Å². The zero-order chi connectivity index (χ0) is 44.1. The van der Waals surface area contributed by atoms with E-state index in [1.807, 2.05) is 60.7 Å². The summed E-state index contributed by atoms with van der Waals surface area (Å²) in [5.74, 6) is 0. The molecule has 4 heteroatoms. The first-order valence-electron chi connectivity index (χ1n) is 22.3. The molecule has 4 nitrogen and oxygen atoms in total. The first kappa shape index (κ1) is 38.8. The Morgan fingerprint density at radius 3 is 0.788 bits per heavy atom. The lowest BCUT2D eigenvalue weighted by molar-refractivity contribution is 0.841. The maximum atomic E-state index is 14.8. The largest absolute Gasteiger partial charge is 0.282 e. The molecule has 310 valence electrons. The van der Waals surface area contributed by atoms with Crippen molar-refractivity contribution in [2.75, 3.05) is 0 Å². The summed E-state index contributed by atoms with van der Waals surface area (Å²) in [6.07, 6.45) is 0. The van der Waals surface area contributed by atoms with Crippen LogP contribution in [0.3, 0.4) is 0 Å². The smallest absolute Gasteiger partial charge is 0.267 e. The van der Waals surface area contributed by atoms with Gasteiger partial charge in [-0.2, -0.15) is 4.52 Å². The molecule has 0 amide bonds. The maximum absolute atomic E-state index is 14.8. The predicted molar refractivity (Wildman–Crippen MR) is 273 cm³/mol. The number of hydrogen-bond acceptors (Lipinski definition) is 2. The highest BCUT2D eigenvalue weighted by Gasteiger charge is 2.24. The molecule has 2 heterocycles. The topological polar surface area (TPSA) is 43.0 Å². The summed E-state index contributed by atoms with van der Waals surface area (Å²) >= 11 is 0. The van der Waals surface area contributed by atoms with E-state index in [0.29, 0.717) is 21.8 Å². The van der Waals surface area contributed by atoms with Crippen molar-refractivity contribution in [2.45, 2.75) is 0 Å². The van der Waals surface area contributed by atoms with Crippen LogP contribution in [0.4, 0.5) is 0 Å². The number of hydrogen-bond donors (Lipinski definition) is 0. The number of aromatic nitrogens is 2. The van der Waals surface area contributed by atoms with Gasteiger partial charge in [-0.25, -0.2) is 4.52 Å². The average Bonchev–Trinajstić information content (AvgIpc) is 3.86. The molecule has 0 radical (unpaired) electrons. The third-order valence-corrected chi connectivity index (χ3v) is 12.9. The minimum absolute atomic E-state index is 0.347. The Balaban J connectivity index is 1.07. The molecule has 0 bridgehead atoms. The Kier molecular flexibility index (Phi) is 9.43. The number of fused-ring (bicyclic) bond motifs is 5. The van der Waals surface area contributed by atoms with Crippen LogP contribution in [0.2, 0.25) is 0 Å². The summed E-state index contributed by atoms with van der Waals surface area (Å²) in [5.41, 5.74) is 17.4. The molecule has 0 saturated carbocycles. The second-order valence-corrected chi connectivity index (χ2v) is 16.8. The minimum atomic E-state index is -0.347. The van der Waals surface area contributed by atoms with Crippen molar-refractivity contribution >= 4 is 21.8 Å². The first-order valence-corrected chi connectivity index (χ1v) is 22.3. The molecule has 12 rings (SSSR count). The summed E-state index contributed by atoms with van der Waals surface area (Å²) in [5, 5.41) is 0.963. The third-order valence-electron chi connectivity index (χ3n) is 12.9. The molecule has 2 aromatic heterocycles. The van der Waals surface area contributed by atoms with Crippen LogP contribution < -0.4 is 11.1 Å². The molecule has 10 aromatic carbocycles. The normalized spacial score (nSPS) is 11.5. The second-order valence-electron chi connectivity index (χ2n) is 16.8. The number of nitrogens with zero attached hydrogens (tertiary/aromatic N) is 2. The van der Waals surface area contributed by atoms with Crippen LogP contribution in [0, 0.1) is 0 Å². The van der Waals surface area contributed by atoms with Gasteiger partial charge in [-0.15, -0.1) is 0 Å². The molecule has 12 aromatic rings. The molecule has 66 heavy (non-hydrogen) atoms. The highest BCUT2D eigenvalue weighted by Crippen LogP contribution is 2.46. The molecule has 0 aliphatic rings. The van der Waals surface area contributed by atoms with Crippen LogP contribution in [-0.2, 0) is 0 Å². The van der Waals surface area contributed by atoms with Crippen LogP contribution in [-0.4, -0.2) is 9.03 Å². The third kappa shape index (κ3) is 6.55. The molecule has 0 aliphatic heterocycles. The van der Waals surface area contributed by atoms with E-state index in [1.165, 1.54) is 4.52 Å². The standard InChI is InChI=1S/C62H40N2O2/c65-61-55-35-47(59-51(43-23-11-3-12-24-43)37-49(41-19-7-1-8-20-41)38-52(59)44-25-13-4-14-26-44)31-33-57(55)63-58-34-32-48(36-56(58)62(66)64(61)63)60-53(45-27-15-5-16-28-45)39-50(42-21-9-2-10-22-42)40-54(60)46-29-17-6-18-30-46/h1-40H. The van der Waals surface area contributed by atoms with Crippen molar-refractivity contribution in [3.05, 3.63) is 263 Å². The van der Waals surface area contributed by atoms with Gasteiger partial charge in [0.1, 0.15) is 0 Å². The zero-order valence-electron chi connectivity index (χ0n) is 35.8. The van der Waals surface area contributed by atoms with Crippen molar-refractivity contribution < 1.29 is 0 Å². The van der Waals surface area contributed by atoms with Gasteiger partial charge in [-0.05, 0) is 138 Å². The van der Waals surface area contributed by atoms with Crippen molar-refractivity contribution in [3.63, 3.8) is 0 Å². The van der Waals surface area contributed by atoms with E-state index in [-0.39, 0.29) is 11.1 Å². The van der Waals surface area contributed by atoms with Crippen molar-refractivity contribution in [3.8, 4) is 89.0 Å². The minimum Gasteiger partial charge on any atom is -0.267 e. The number of rotatable bonds is 8. The Labute approximate surface area is 381 Å². The van der Waals surface area contributed by atoms with Crippen LogP contribution in [0.25, 0.3) is 111 Å². The Morgan fingerprint density at radius 2 is 0.500 bits per heavy atom. The van der Waals surface area contributed by atoms with E-state index < -0.39 is 0 Å². The van der Waals surface area contributed by atoms with Gasteiger partial charge in [0.25, 0.3) is 11.1 Å². The fourth-order valence-electron chi connectivity index (χ4n) is 9.82. The molecule has 0 atom stereocenters. The van der Waals surface area contributed by atoms with E-state index in [2.05, 4.69) is 182 Å². The molecular formula is C62H40N2O2. The van der Waals surface area contributed by atoms with E-state index in [9.17, 15) is 9.59 Å². The highest BCUT2D eigenvalue weighted by molar-refractivity contribution is 6.02. The average molecular weight is 845 g/mol. The van der Waals surface area contributed by atoms with Gasteiger partial charge in [-0.1, -0.05) is 194 Å². The van der Waals surface area contributed by atoms with Gasteiger partial charge in [0.15, 0.2) is 0 Å². The Hall–Kier alpha value is -8.86. The summed E-state index contributed by atoms with van der Waals surface area (Å²) in [6, 6.07) is 83.7. The molecule has 0 spiro atoms. The quantitative estimate of drug-likeness (QED) is 0.153. The lowest BCUT2D eigenvalue weighted by Crippen LogP contribution is -2.21. The van der Waals surface area contributed by atoms with E-state index in [0.717, 1.165) is 89.0 Å².